The van der Waals surface area contributed by atoms with E-state index >= 15 is 0 Å². The van der Waals surface area contributed by atoms with Gasteiger partial charge in [-0.2, -0.15) is 0 Å². The average Bonchev–Trinajstić information content (AvgIpc) is 2.61. The summed E-state index contributed by atoms with van der Waals surface area (Å²) < 4.78 is 21.6. The molecule has 0 radical (unpaired) electrons. The van der Waals surface area contributed by atoms with Crippen molar-refractivity contribution in [3.05, 3.63) is 12.2 Å². The Balaban J connectivity index is 1.83. The maximum atomic E-state index is 11.8. The Labute approximate surface area is 157 Å². The van der Waals surface area contributed by atoms with E-state index in [1.165, 1.54) is 0 Å². The summed E-state index contributed by atoms with van der Waals surface area (Å²) in [7, 11) is 0. The maximum Gasteiger partial charge on any atom is 0.407 e. The lowest BCUT2D eigenvalue weighted by atomic mass is 10.0. The normalized spacial score (nSPS) is 18.7. The van der Waals surface area contributed by atoms with Crippen LogP contribution in [0.1, 0.15) is 44.9 Å². The van der Waals surface area contributed by atoms with Gasteiger partial charge in [0.05, 0.1) is 26.4 Å². The summed E-state index contributed by atoms with van der Waals surface area (Å²) in [6, 6.07) is 0. The number of allylic oxidation sites excluding steroid dienone is 2. The van der Waals surface area contributed by atoms with Gasteiger partial charge in [-0.25, -0.2) is 4.79 Å². The summed E-state index contributed by atoms with van der Waals surface area (Å²) in [5, 5.41) is 2.79. The van der Waals surface area contributed by atoms with Crippen molar-refractivity contribution in [1.29, 1.82) is 0 Å². The molecular weight excluding hydrogens is 336 g/mol. The van der Waals surface area contributed by atoms with E-state index in [4.69, 9.17) is 24.7 Å². The molecule has 0 aromatic carbocycles. The molecule has 3 N–H and O–H groups in total. The van der Waals surface area contributed by atoms with Crippen LogP contribution in [-0.2, 0) is 18.9 Å². The summed E-state index contributed by atoms with van der Waals surface area (Å²) in [6.45, 7) is 4.73. The molecule has 0 aromatic heterocycles. The average molecular weight is 373 g/mol. The lowest BCUT2D eigenvalue weighted by Crippen LogP contribution is -2.30. The third-order valence-electron chi connectivity index (χ3n) is 3.96. The lowest BCUT2D eigenvalue weighted by molar-refractivity contribution is 0.0140. The van der Waals surface area contributed by atoms with Crippen LogP contribution in [0.2, 0.25) is 0 Å². The lowest BCUT2D eigenvalue weighted by Gasteiger charge is -2.18. The van der Waals surface area contributed by atoms with Gasteiger partial charge in [0.1, 0.15) is 6.10 Å². The SMILES string of the molecule is NCCCOCCOCCOCCCNC(=O)OC1CC/C=C/CCC1. The minimum atomic E-state index is -0.322. The number of hydrogen-bond acceptors (Lipinski definition) is 6. The maximum absolute atomic E-state index is 11.8. The Kier molecular flexibility index (Phi) is 15.2. The quantitative estimate of drug-likeness (QED) is 0.359. The third-order valence-corrected chi connectivity index (χ3v) is 3.96. The van der Waals surface area contributed by atoms with Gasteiger partial charge < -0.3 is 30.0 Å². The van der Waals surface area contributed by atoms with Gasteiger partial charge in [-0.1, -0.05) is 12.2 Å². The number of nitrogens with two attached hydrogens (primary N) is 1. The van der Waals surface area contributed by atoms with Crippen molar-refractivity contribution in [2.45, 2.75) is 51.0 Å². The van der Waals surface area contributed by atoms with Crippen LogP contribution in [0.4, 0.5) is 4.79 Å². The molecule has 1 atom stereocenters. The molecule has 7 nitrogen and oxygen atoms in total. The van der Waals surface area contributed by atoms with Crippen LogP contribution in [-0.4, -0.2) is 64.9 Å². The van der Waals surface area contributed by atoms with Crippen LogP contribution in [0, 0.1) is 0 Å². The Morgan fingerprint density at radius 1 is 0.923 bits per heavy atom. The van der Waals surface area contributed by atoms with Crippen LogP contribution >= 0.6 is 0 Å². The molecule has 0 heterocycles. The molecule has 0 saturated carbocycles. The Morgan fingerprint density at radius 2 is 1.58 bits per heavy atom. The van der Waals surface area contributed by atoms with Gasteiger partial charge in [-0.3, -0.25) is 0 Å². The zero-order valence-electron chi connectivity index (χ0n) is 16.0. The fourth-order valence-electron chi connectivity index (χ4n) is 2.53. The highest BCUT2D eigenvalue weighted by atomic mass is 16.6. The second kappa shape index (κ2) is 17.3. The second-order valence-corrected chi connectivity index (χ2v) is 6.27. The first-order valence-corrected chi connectivity index (χ1v) is 9.85. The van der Waals surface area contributed by atoms with E-state index in [0.29, 0.717) is 52.7 Å². The Morgan fingerprint density at radius 3 is 2.31 bits per heavy atom. The molecule has 1 rings (SSSR count). The highest BCUT2D eigenvalue weighted by Crippen LogP contribution is 2.15. The molecule has 1 aliphatic rings. The summed E-state index contributed by atoms with van der Waals surface area (Å²) in [5.41, 5.74) is 5.37. The van der Waals surface area contributed by atoms with Gasteiger partial charge >= 0.3 is 6.09 Å². The smallest absolute Gasteiger partial charge is 0.407 e. The molecule has 26 heavy (non-hydrogen) atoms. The first kappa shape index (κ1) is 22.9. The van der Waals surface area contributed by atoms with E-state index in [1.807, 2.05) is 0 Å². The fourth-order valence-corrected chi connectivity index (χ4v) is 2.53. The van der Waals surface area contributed by atoms with Gasteiger partial charge in [0.25, 0.3) is 0 Å². The van der Waals surface area contributed by atoms with Crippen LogP contribution in [0.5, 0.6) is 0 Å². The number of alkyl carbamates (subject to hydrolysis) is 1. The molecule has 0 saturated heterocycles. The van der Waals surface area contributed by atoms with Crippen molar-refractivity contribution in [3.8, 4) is 0 Å². The Hall–Kier alpha value is -1.15. The summed E-state index contributed by atoms with van der Waals surface area (Å²) in [4.78, 5) is 11.8. The molecule has 0 aromatic rings. The van der Waals surface area contributed by atoms with E-state index < -0.39 is 0 Å². The van der Waals surface area contributed by atoms with E-state index in [9.17, 15) is 4.79 Å². The minimum absolute atomic E-state index is 0.0348. The molecule has 1 unspecified atom stereocenters. The summed E-state index contributed by atoms with van der Waals surface area (Å²) in [6.07, 6.45) is 10.7. The van der Waals surface area contributed by atoms with Gasteiger partial charge in [-0.05, 0) is 51.5 Å². The Bertz CT molecular complexity index is 366. The van der Waals surface area contributed by atoms with E-state index in [-0.39, 0.29) is 12.2 Å². The number of nitrogens with one attached hydrogen (secondary N) is 1. The van der Waals surface area contributed by atoms with Crippen molar-refractivity contribution in [2.75, 3.05) is 52.7 Å². The largest absolute Gasteiger partial charge is 0.446 e. The zero-order chi connectivity index (χ0) is 18.7. The van der Waals surface area contributed by atoms with Crippen LogP contribution in [0.15, 0.2) is 12.2 Å². The van der Waals surface area contributed by atoms with Gasteiger partial charge in [0.2, 0.25) is 0 Å². The molecular formula is C19H36N2O5. The van der Waals surface area contributed by atoms with Crippen molar-refractivity contribution in [2.24, 2.45) is 5.73 Å². The highest BCUT2D eigenvalue weighted by Gasteiger charge is 2.14. The van der Waals surface area contributed by atoms with Gasteiger partial charge in [0.15, 0.2) is 0 Å². The first-order valence-electron chi connectivity index (χ1n) is 9.85. The molecule has 0 bridgehead atoms. The highest BCUT2D eigenvalue weighted by molar-refractivity contribution is 5.67. The minimum Gasteiger partial charge on any atom is -0.446 e. The van der Waals surface area contributed by atoms with E-state index in [0.717, 1.165) is 44.9 Å². The fraction of sp³-hybridized carbons (Fsp3) is 0.842. The molecule has 0 spiro atoms. The van der Waals surface area contributed by atoms with Crippen molar-refractivity contribution < 1.29 is 23.7 Å². The van der Waals surface area contributed by atoms with Crippen molar-refractivity contribution >= 4 is 6.09 Å². The van der Waals surface area contributed by atoms with Crippen LogP contribution < -0.4 is 11.1 Å². The molecule has 0 fully saturated rings. The third kappa shape index (κ3) is 14.1. The second-order valence-electron chi connectivity index (χ2n) is 6.27. The first-order chi connectivity index (χ1) is 12.8. The number of carbonyl (C=O) groups excluding carboxylic acids is 1. The summed E-state index contributed by atoms with van der Waals surface area (Å²) in [5.74, 6) is 0. The molecule has 0 aliphatic heterocycles. The zero-order valence-corrected chi connectivity index (χ0v) is 16.0. The molecule has 1 amide bonds. The number of rotatable bonds is 14. The molecule has 1 aliphatic carbocycles. The molecule has 7 heteroatoms. The predicted molar refractivity (Wildman–Crippen MR) is 101 cm³/mol. The number of ether oxygens (including phenoxy) is 4. The number of amides is 1. The van der Waals surface area contributed by atoms with Crippen LogP contribution in [0.3, 0.4) is 0 Å². The van der Waals surface area contributed by atoms with Gasteiger partial charge in [0, 0.05) is 19.8 Å². The number of carbonyl (C=O) groups is 1. The van der Waals surface area contributed by atoms with E-state index in [1.54, 1.807) is 0 Å². The topological polar surface area (TPSA) is 92.0 Å². The monoisotopic (exact) mass is 372 g/mol. The number of hydrogen-bond donors (Lipinski definition) is 2. The molecule has 152 valence electrons. The summed E-state index contributed by atoms with van der Waals surface area (Å²) >= 11 is 0. The van der Waals surface area contributed by atoms with E-state index in [2.05, 4.69) is 17.5 Å². The van der Waals surface area contributed by atoms with Crippen molar-refractivity contribution in [3.63, 3.8) is 0 Å². The standard InChI is InChI=1S/C19H36N2O5/c20-10-6-12-23-14-16-25-17-15-24-13-7-11-21-19(22)26-18-8-4-2-1-3-5-9-18/h1-2,18H,3-17,20H2,(H,21,22)/b2-1+. The van der Waals surface area contributed by atoms with Gasteiger partial charge in [-0.15, -0.1) is 0 Å². The van der Waals surface area contributed by atoms with Crippen LogP contribution in [0.25, 0.3) is 0 Å². The van der Waals surface area contributed by atoms with Crippen molar-refractivity contribution in [1.82, 2.24) is 5.32 Å². The predicted octanol–water partition coefficient (Wildman–Crippen LogP) is 2.39.